The molecule has 0 saturated carbocycles. The molecule has 5 nitrogen and oxygen atoms in total. The Kier molecular flexibility index (Phi) is 5.58. The number of fused-ring (bicyclic) bond motifs is 1. The SMILES string of the molecule is C/C(=C\C(=O)NCC(c1ccc2c(c1)OCO2)N(C)C)c1ccccc1. The highest BCUT2D eigenvalue weighted by Gasteiger charge is 2.20. The monoisotopic (exact) mass is 352 g/mol. The van der Waals surface area contributed by atoms with E-state index in [1.165, 1.54) is 0 Å². The van der Waals surface area contributed by atoms with Crippen molar-refractivity contribution in [2.24, 2.45) is 0 Å². The Morgan fingerprint density at radius 3 is 2.62 bits per heavy atom. The second-order valence-electron chi connectivity index (χ2n) is 6.53. The first-order valence-electron chi connectivity index (χ1n) is 8.62. The van der Waals surface area contributed by atoms with Gasteiger partial charge in [-0.2, -0.15) is 0 Å². The summed E-state index contributed by atoms with van der Waals surface area (Å²) >= 11 is 0. The number of amides is 1. The molecule has 2 aromatic carbocycles. The first-order chi connectivity index (χ1) is 12.5. The summed E-state index contributed by atoms with van der Waals surface area (Å²) in [5.74, 6) is 1.41. The van der Waals surface area contributed by atoms with Crippen molar-refractivity contribution >= 4 is 11.5 Å². The van der Waals surface area contributed by atoms with Crippen molar-refractivity contribution in [3.8, 4) is 11.5 Å². The lowest BCUT2D eigenvalue weighted by atomic mass is 10.0. The fraction of sp³-hybridized carbons (Fsp3) is 0.286. The highest BCUT2D eigenvalue weighted by molar-refractivity contribution is 5.94. The Bertz CT molecular complexity index is 800. The van der Waals surface area contributed by atoms with Crippen LogP contribution >= 0.6 is 0 Å². The smallest absolute Gasteiger partial charge is 0.244 e. The maximum Gasteiger partial charge on any atom is 0.244 e. The average Bonchev–Trinajstić information content (AvgIpc) is 3.10. The van der Waals surface area contributed by atoms with Gasteiger partial charge in [-0.15, -0.1) is 0 Å². The number of benzene rings is 2. The van der Waals surface area contributed by atoms with E-state index in [1.807, 2.05) is 69.6 Å². The van der Waals surface area contributed by atoms with Crippen molar-refractivity contribution in [3.63, 3.8) is 0 Å². The van der Waals surface area contributed by atoms with Gasteiger partial charge in [0.05, 0.1) is 6.04 Å². The van der Waals surface area contributed by atoms with Crippen LogP contribution in [0.5, 0.6) is 11.5 Å². The second kappa shape index (κ2) is 8.06. The highest BCUT2D eigenvalue weighted by atomic mass is 16.7. The van der Waals surface area contributed by atoms with Crippen molar-refractivity contribution < 1.29 is 14.3 Å². The van der Waals surface area contributed by atoms with Gasteiger partial charge in [0, 0.05) is 12.6 Å². The third-order valence-corrected chi connectivity index (χ3v) is 4.45. The topological polar surface area (TPSA) is 50.8 Å². The Hall–Kier alpha value is -2.79. The standard InChI is InChI=1S/C21H24N2O3/c1-15(16-7-5-4-6-8-16)11-21(24)22-13-18(23(2)3)17-9-10-19-20(12-17)26-14-25-19/h4-12,18H,13-14H2,1-3H3,(H,22,24)/b15-11+. The molecule has 2 aromatic rings. The Morgan fingerprint density at radius 1 is 1.15 bits per heavy atom. The first-order valence-corrected chi connectivity index (χ1v) is 8.62. The molecule has 136 valence electrons. The minimum atomic E-state index is -0.0982. The van der Waals surface area contributed by atoms with Crippen molar-refractivity contribution in [1.82, 2.24) is 10.2 Å². The van der Waals surface area contributed by atoms with Crippen molar-refractivity contribution in [1.29, 1.82) is 0 Å². The zero-order valence-corrected chi connectivity index (χ0v) is 15.4. The molecule has 1 heterocycles. The van der Waals surface area contributed by atoms with Gasteiger partial charge in [0.2, 0.25) is 12.7 Å². The number of carbonyl (C=O) groups excluding carboxylic acids is 1. The van der Waals surface area contributed by atoms with Gasteiger partial charge in [0.25, 0.3) is 0 Å². The first kappa shape index (κ1) is 18.0. The van der Waals surface area contributed by atoms with E-state index in [1.54, 1.807) is 6.08 Å². The number of allylic oxidation sites excluding steroid dienone is 1. The molecular weight excluding hydrogens is 328 g/mol. The van der Waals surface area contributed by atoms with Crippen LogP contribution < -0.4 is 14.8 Å². The van der Waals surface area contributed by atoms with E-state index in [-0.39, 0.29) is 18.7 Å². The highest BCUT2D eigenvalue weighted by Crippen LogP contribution is 2.34. The van der Waals surface area contributed by atoms with Gasteiger partial charge in [0.1, 0.15) is 0 Å². The lowest BCUT2D eigenvalue weighted by molar-refractivity contribution is -0.116. The molecule has 3 rings (SSSR count). The van der Waals surface area contributed by atoms with E-state index in [2.05, 4.69) is 10.2 Å². The number of carbonyl (C=O) groups is 1. The number of likely N-dealkylation sites (N-methyl/N-ethyl adjacent to an activating group) is 1. The molecule has 0 spiro atoms. The van der Waals surface area contributed by atoms with Crippen LogP contribution in [0.3, 0.4) is 0 Å². The number of rotatable bonds is 6. The maximum absolute atomic E-state index is 12.3. The van der Waals surface area contributed by atoms with E-state index in [0.29, 0.717) is 6.54 Å². The van der Waals surface area contributed by atoms with Crippen LogP contribution in [0.1, 0.15) is 24.1 Å². The van der Waals surface area contributed by atoms with Crippen molar-refractivity contribution in [2.75, 3.05) is 27.4 Å². The summed E-state index contributed by atoms with van der Waals surface area (Å²) in [6.45, 7) is 2.70. The van der Waals surface area contributed by atoms with E-state index in [0.717, 1.165) is 28.2 Å². The summed E-state index contributed by atoms with van der Waals surface area (Å²) in [5, 5.41) is 3.00. The van der Waals surface area contributed by atoms with Gasteiger partial charge < -0.3 is 19.7 Å². The molecule has 0 saturated heterocycles. The quantitative estimate of drug-likeness (QED) is 0.811. The zero-order chi connectivity index (χ0) is 18.5. The molecular formula is C21H24N2O3. The molecule has 1 amide bonds. The van der Waals surface area contributed by atoms with Crippen LogP contribution in [0.2, 0.25) is 0 Å². The van der Waals surface area contributed by atoms with Gasteiger partial charge in [-0.1, -0.05) is 36.4 Å². The predicted octanol–water partition coefficient (Wildman–Crippen LogP) is 3.24. The normalized spacial score (nSPS) is 14.4. The number of hydrogen-bond acceptors (Lipinski definition) is 4. The molecule has 0 aromatic heterocycles. The maximum atomic E-state index is 12.3. The average molecular weight is 352 g/mol. The molecule has 1 atom stereocenters. The van der Waals surface area contributed by atoms with Gasteiger partial charge in [-0.05, 0) is 49.9 Å². The molecule has 1 aliphatic heterocycles. The van der Waals surface area contributed by atoms with Crippen molar-refractivity contribution in [3.05, 3.63) is 65.7 Å². The van der Waals surface area contributed by atoms with Crippen LogP contribution in [-0.4, -0.2) is 38.2 Å². The van der Waals surface area contributed by atoms with Crippen LogP contribution in [0.4, 0.5) is 0 Å². The predicted molar refractivity (Wildman–Crippen MR) is 102 cm³/mol. The lowest BCUT2D eigenvalue weighted by Gasteiger charge is -2.25. The molecule has 1 N–H and O–H groups in total. The molecule has 0 fully saturated rings. The lowest BCUT2D eigenvalue weighted by Crippen LogP contribution is -2.33. The van der Waals surface area contributed by atoms with Crippen LogP contribution in [0.25, 0.3) is 5.57 Å². The third-order valence-electron chi connectivity index (χ3n) is 4.45. The van der Waals surface area contributed by atoms with E-state index < -0.39 is 0 Å². The fourth-order valence-electron chi connectivity index (χ4n) is 2.95. The van der Waals surface area contributed by atoms with Gasteiger partial charge in [0.15, 0.2) is 11.5 Å². The van der Waals surface area contributed by atoms with E-state index in [4.69, 9.17) is 9.47 Å². The van der Waals surface area contributed by atoms with Crippen LogP contribution in [-0.2, 0) is 4.79 Å². The second-order valence-corrected chi connectivity index (χ2v) is 6.53. The summed E-state index contributed by atoms with van der Waals surface area (Å²) in [6, 6.07) is 15.8. The molecule has 26 heavy (non-hydrogen) atoms. The Labute approximate surface area is 154 Å². The Balaban J connectivity index is 1.66. The molecule has 1 aliphatic rings. The van der Waals surface area contributed by atoms with Crippen LogP contribution in [0, 0.1) is 0 Å². The van der Waals surface area contributed by atoms with Crippen molar-refractivity contribution in [2.45, 2.75) is 13.0 Å². The minimum Gasteiger partial charge on any atom is -0.454 e. The summed E-state index contributed by atoms with van der Waals surface area (Å²) < 4.78 is 10.8. The molecule has 0 aliphatic carbocycles. The third kappa shape index (κ3) is 4.24. The molecule has 5 heteroatoms. The summed E-state index contributed by atoms with van der Waals surface area (Å²) in [5.41, 5.74) is 3.05. The van der Waals surface area contributed by atoms with Gasteiger partial charge in [-0.25, -0.2) is 0 Å². The Morgan fingerprint density at radius 2 is 1.88 bits per heavy atom. The minimum absolute atomic E-state index is 0.0406. The summed E-state index contributed by atoms with van der Waals surface area (Å²) in [7, 11) is 3.99. The molecule has 0 bridgehead atoms. The summed E-state index contributed by atoms with van der Waals surface area (Å²) in [4.78, 5) is 14.4. The van der Waals surface area contributed by atoms with Gasteiger partial charge in [-0.3, -0.25) is 4.79 Å². The van der Waals surface area contributed by atoms with Crippen LogP contribution in [0.15, 0.2) is 54.6 Å². The van der Waals surface area contributed by atoms with E-state index >= 15 is 0 Å². The number of nitrogens with one attached hydrogen (secondary N) is 1. The zero-order valence-electron chi connectivity index (χ0n) is 15.4. The number of hydrogen-bond donors (Lipinski definition) is 1. The largest absolute Gasteiger partial charge is 0.454 e. The fourth-order valence-corrected chi connectivity index (χ4v) is 2.95. The van der Waals surface area contributed by atoms with E-state index in [9.17, 15) is 4.79 Å². The van der Waals surface area contributed by atoms with Gasteiger partial charge >= 0.3 is 0 Å². The number of ether oxygens (including phenoxy) is 2. The summed E-state index contributed by atoms with van der Waals surface area (Å²) in [6.07, 6.45) is 1.64. The molecule has 0 radical (unpaired) electrons. The number of nitrogens with zero attached hydrogens (tertiary/aromatic N) is 1. The molecule has 1 unspecified atom stereocenters.